The summed E-state index contributed by atoms with van der Waals surface area (Å²) in [5.74, 6) is -0.495. The molecule has 1 heterocycles. The van der Waals surface area contributed by atoms with Crippen LogP contribution in [0.1, 0.15) is 49.8 Å². The molecule has 0 aromatic carbocycles. The standard InChI is InChI=1S/C11H19N3O2/c1-4-6-8(3)7-14-9(5-2)10(11(15)16)12-13-14/h8H,4-7H2,1-3H3,(H,15,16). The van der Waals surface area contributed by atoms with E-state index in [1.807, 2.05) is 6.92 Å². The first-order chi connectivity index (χ1) is 7.60. The highest BCUT2D eigenvalue weighted by atomic mass is 16.4. The topological polar surface area (TPSA) is 68.0 Å². The summed E-state index contributed by atoms with van der Waals surface area (Å²) in [7, 11) is 0. The maximum absolute atomic E-state index is 10.9. The fraction of sp³-hybridized carbons (Fsp3) is 0.727. The molecule has 0 fully saturated rings. The minimum Gasteiger partial charge on any atom is -0.476 e. The molecule has 0 bridgehead atoms. The highest BCUT2D eigenvalue weighted by Gasteiger charge is 2.18. The second-order valence-electron chi connectivity index (χ2n) is 4.12. The first kappa shape index (κ1) is 12.7. The van der Waals surface area contributed by atoms with Crippen LogP contribution >= 0.6 is 0 Å². The Hall–Kier alpha value is -1.39. The Balaban J connectivity index is 2.84. The van der Waals surface area contributed by atoms with Crippen LogP contribution in [0.25, 0.3) is 0 Å². The number of aromatic carboxylic acids is 1. The van der Waals surface area contributed by atoms with Crippen molar-refractivity contribution < 1.29 is 9.90 Å². The lowest BCUT2D eigenvalue weighted by molar-refractivity contribution is 0.0689. The summed E-state index contributed by atoms with van der Waals surface area (Å²) in [6, 6.07) is 0. The summed E-state index contributed by atoms with van der Waals surface area (Å²) in [4.78, 5) is 10.9. The van der Waals surface area contributed by atoms with E-state index in [0.717, 1.165) is 25.1 Å². The van der Waals surface area contributed by atoms with Gasteiger partial charge in [-0.25, -0.2) is 9.48 Å². The quantitative estimate of drug-likeness (QED) is 0.803. The minimum absolute atomic E-state index is 0.0891. The van der Waals surface area contributed by atoms with E-state index in [4.69, 9.17) is 5.11 Å². The van der Waals surface area contributed by atoms with Crippen LogP contribution in [0.3, 0.4) is 0 Å². The highest BCUT2D eigenvalue weighted by molar-refractivity contribution is 5.86. The number of aromatic nitrogens is 3. The summed E-state index contributed by atoms with van der Waals surface area (Å²) >= 11 is 0. The molecule has 1 atom stereocenters. The van der Waals surface area contributed by atoms with Crippen molar-refractivity contribution in [2.45, 2.75) is 46.6 Å². The zero-order valence-electron chi connectivity index (χ0n) is 10.1. The molecule has 0 saturated carbocycles. The molecule has 0 aliphatic carbocycles. The van der Waals surface area contributed by atoms with E-state index in [1.54, 1.807) is 4.68 Å². The van der Waals surface area contributed by atoms with Gasteiger partial charge in [0.2, 0.25) is 0 Å². The van der Waals surface area contributed by atoms with Crippen molar-refractivity contribution in [3.63, 3.8) is 0 Å². The van der Waals surface area contributed by atoms with Gasteiger partial charge in [0, 0.05) is 6.54 Å². The van der Waals surface area contributed by atoms with Gasteiger partial charge in [0.05, 0.1) is 5.69 Å². The number of rotatable bonds is 6. The van der Waals surface area contributed by atoms with Crippen LogP contribution in [0.2, 0.25) is 0 Å². The third-order valence-electron chi connectivity index (χ3n) is 2.64. The number of carboxylic acid groups (broad SMARTS) is 1. The first-order valence-corrected chi connectivity index (χ1v) is 5.75. The third kappa shape index (κ3) is 2.81. The van der Waals surface area contributed by atoms with Crippen LogP contribution in [0, 0.1) is 5.92 Å². The van der Waals surface area contributed by atoms with E-state index >= 15 is 0 Å². The van der Waals surface area contributed by atoms with Gasteiger partial charge in [0.25, 0.3) is 0 Å². The Kier molecular flexibility index (Phi) is 4.46. The summed E-state index contributed by atoms with van der Waals surface area (Å²) in [6.07, 6.45) is 2.89. The Morgan fingerprint density at radius 2 is 2.19 bits per heavy atom. The van der Waals surface area contributed by atoms with Crippen LogP contribution < -0.4 is 0 Å². The van der Waals surface area contributed by atoms with Gasteiger partial charge >= 0.3 is 5.97 Å². The molecule has 0 spiro atoms. The van der Waals surface area contributed by atoms with Crippen LogP contribution in [0.5, 0.6) is 0 Å². The number of nitrogens with zero attached hydrogens (tertiary/aromatic N) is 3. The summed E-state index contributed by atoms with van der Waals surface area (Å²) in [6.45, 7) is 6.95. The van der Waals surface area contributed by atoms with Gasteiger partial charge in [0.1, 0.15) is 0 Å². The van der Waals surface area contributed by atoms with Gasteiger partial charge in [-0.2, -0.15) is 0 Å². The number of hydrogen-bond donors (Lipinski definition) is 1. The monoisotopic (exact) mass is 225 g/mol. The Morgan fingerprint density at radius 3 is 2.69 bits per heavy atom. The molecule has 5 nitrogen and oxygen atoms in total. The predicted octanol–water partition coefficient (Wildman–Crippen LogP) is 1.97. The fourth-order valence-corrected chi connectivity index (χ4v) is 1.87. The van der Waals surface area contributed by atoms with Crippen molar-refractivity contribution >= 4 is 5.97 Å². The minimum atomic E-state index is -0.994. The second kappa shape index (κ2) is 5.63. The molecule has 1 aromatic heterocycles. The van der Waals surface area contributed by atoms with Crippen molar-refractivity contribution in [2.75, 3.05) is 0 Å². The molecular formula is C11H19N3O2. The summed E-state index contributed by atoms with van der Waals surface area (Å²) in [5, 5.41) is 16.6. The fourth-order valence-electron chi connectivity index (χ4n) is 1.87. The van der Waals surface area contributed by atoms with E-state index in [-0.39, 0.29) is 5.69 Å². The maximum atomic E-state index is 10.9. The summed E-state index contributed by atoms with van der Waals surface area (Å²) < 4.78 is 1.73. The van der Waals surface area contributed by atoms with E-state index in [0.29, 0.717) is 12.3 Å². The molecule has 5 heteroatoms. The average Bonchev–Trinajstić information content (AvgIpc) is 2.61. The molecule has 0 saturated heterocycles. The smallest absolute Gasteiger partial charge is 0.358 e. The number of carboxylic acids is 1. The van der Waals surface area contributed by atoms with Crippen LogP contribution in [0.15, 0.2) is 0 Å². The van der Waals surface area contributed by atoms with Crippen LogP contribution in [0.4, 0.5) is 0 Å². The molecule has 0 aliphatic rings. The van der Waals surface area contributed by atoms with Crippen molar-refractivity contribution in [1.29, 1.82) is 0 Å². The number of hydrogen-bond acceptors (Lipinski definition) is 3. The maximum Gasteiger partial charge on any atom is 0.358 e. The van der Waals surface area contributed by atoms with Gasteiger partial charge in [-0.3, -0.25) is 0 Å². The SMILES string of the molecule is CCCC(C)Cn1nnc(C(=O)O)c1CC. The zero-order chi connectivity index (χ0) is 12.1. The van der Waals surface area contributed by atoms with Crippen molar-refractivity contribution in [2.24, 2.45) is 5.92 Å². The molecule has 0 aliphatic heterocycles. The van der Waals surface area contributed by atoms with E-state index in [9.17, 15) is 4.79 Å². The lowest BCUT2D eigenvalue weighted by atomic mass is 10.1. The number of carbonyl (C=O) groups is 1. The van der Waals surface area contributed by atoms with Crippen molar-refractivity contribution in [3.8, 4) is 0 Å². The Morgan fingerprint density at radius 1 is 1.50 bits per heavy atom. The molecule has 0 amide bonds. The van der Waals surface area contributed by atoms with Gasteiger partial charge in [0.15, 0.2) is 5.69 Å². The zero-order valence-corrected chi connectivity index (χ0v) is 10.1. The third-order valence-corrected chi connectivity index (χ3v) is 2.64. The molecule has 1 unspecified atom stereocenters. The van der Waals surface area contributed by atoms with Crippen LogP contribution in [-0.2, 0) is 13.0 Å². The molecule has 16 heavy (non-hydrogen) atoms. The Bertz CT molecular complexity index is 360. The normalized spacial score (nSPS) is 12.7. The van der Waals surface area contributed by atoms with Gasteiger partial charge in [-0.1, -0.05) is 32.4 Å². The Labute approximate surface area is 95.5 Å². The molecule has 1 aromatic rings. The van der Waals surface area contributed by atoms with Crippen molar-refractivity contribution in [1.82, 2.24) is 15.0 Å². The molecule has 1 rings (SSSR count). The largest absolute Gasteiger partial charge is 0.476 e. The van der Waals surface area contributed by atoms with E-state index in [1.165, 1.54) is 0 Å². The van der Waals surface area contributed by atoms with Crippen molar-refractivity contribution in [3.05, 3.63) is 11.4 Å². The molecule has 1 N–H and O–H groups in total. The molecular weight excluding hydrogens is 206 g/mol. The van der Waals surface area contributed by atoms with E-state index in [2.05, 4.69) is 24.2 Å². The van der Waals surface area contributed by atoms with Gasteiger partial charge in [-0.15, -0.1) is 5.10 Å². The van der Waals surface area contributed by atoms with Gasteiger partial charge < -0.3 is 5.11 Å². The molecule has 90 valence electrons. The summed E-state index contributed by atoms with van der Waals surface area (Å²) in [5.41, 5.74) is 0.807. The van der Waals surface area contributed by atoms with E-state index < -0.39 is 5.97 Å². The lowest BCUT2D eigenvalue weighted by Gasteiger charge is -2.11. The second-order valence-corrected chi connectivity index (χ2v) is 4.12. The highest BCUT2D eigenvalue weighted by Crippen LogP contribution is 2.12. The first-order valence-electron chi connectivity index (χ1n) is 5.75. The molecule has 0 radical (unpaired) electrons. The lowest BCUT2D eigenvalue weighted by Crippen LogP contribution is -2.13. The predicted molar refractivity (Wildman–Crippen MR) is 60.4 cm³/mol. The van der Waals surface area contributed by atoms with Crippen LogP contribution in [-0.4, -0.2) is 26.1 Å². The average molecular weight is 225 g/mol. The van der Waals surface area contributed by atoms with Gasteiger partial charge in [-0.05, 0) is 18.8 Å².